The van der Waals surface area contributed by atoms with Gasteiger partial charge in [-0.15, -0.1) is 0 Å². The minimum absolute atomic E-state index is 0.0494. The van der Waals surface area contributed by atoms with E-state index in [2.05, 4.69) is 98.7 Å². The second-order valence-corrected chi connectivity index (χ2v) is 18.8. The molecule has 9 nitrogen and oxygen atoms in total. The van der Waals surface area contributed by atoms with Crippen molar-refractivity contribution in [3.63, 3.8) is 0 Å². The molecule has 296 valence electrons. The van der Waals surface area contributed by atoms with Gasteiger partial charge in [0, 0.05) is 36.5 Å². The molecule has 0 heterocycles. The van der Waals surface area contributed by atoms with Gasteiger partial charge in [0.15, 0.2) is 6.29 Å². The van der Waals surface area contributed by atoms with Crippen molar-refractivity contribution in [2.45, 2.75) is 115 Å². The summed E-state index contributed by atoms with van der Waals surface area (Å²) in [5, 5.41) is 2.61. The van der Waals surface area contributed by atoms with Gasteiger partial charge in [-0.1, -0.05) is 100 Å². The van der Waals surface area contributed by atoms with Crippen LogP contribution in [0, 0.1) is 32.5 Å². The highest BCUT2D eigenvalue weighted by Crippen LogP contribution is 2.61. The molecule has 0 aliphatic heterocycles. The van der Waals surface area contributed by atoms with Gasteiger partial charge in [0.2, 0.25) is 0 Å². The molecule has 0 radical (unpaired) electrons. The van der Waals surface area contributed by atoms with Crippen LogP contribution >= 0.6 is 12.6 Å². The fraction of sp³-hybridized carbons (Fsp3) is 0.714. The number of hydrogen-bond donors (Lipinski definition) is 2. The van der Waals surface area contributed by atoms with E-state index in [1.54, 1.807) is 13.0 Å². The lowest BCUT2D eigenvalue weighted by Crippen LogP contribution is -2.56. The van der Waals surface area contributed by atoms with E-state index in [9.17, 15) is 19.2 Å². The summed E-state index contributed by atoms with van der Waals surface area (Å²) in [6, 6.07) is 7.39. The van der Waals surface area contributed by atoms with Gasteiger partial charge < -0.3 is 24.4 Å². The minimum Gasteiger partial charge on any atom is -0.465 e. The van der Waals surface area contributed by atoms with Gasteiger partial charge in [-0.05, 0) is 68.7 Å². The summed E-state index contributed by atoms with van der Waals surface area (Å²) in [4.78, 5) is 54.0. The van der Waals surface area contributed by atoms with Gasteiger partial charge in [0.1, 0.15) is 13.2 Å². The Labute approximate surface area is 320 Å². The van der Waals surface area contributed by atoms with Crippen LogP contribution in [0.1, 0.15) is 125 Å². The summed E-state index contributed by atoms with van der Waals surface area (Å²) in [6.45, 7) is 32.8. The van der Waals surface area contributed by atoms with Crippen LogP contribution in [-0.4, -0.2) is 80.8 Å². The van der Waals surface area contributed by atoms with Gasteiger partial charge >= 0.3 is 17.9 Å². The van der Waals surface area contributed by atoms with E-state index < -0.39 is 38.3 Å². The number of thiol groups is 1. The number of nitrogens with zero attached hydrogens (tertiary/aromatic N) is 1. The van der Waals surface area contributed by atoms with Crippen molar-refractivity contribution in [3.05, 3.63) is 42.0 Å². The van der Waals surface area contributed by atoms with Crippen LogP contribution in [0.25, 0.3) is 5.70 Å². The Morgan fingerprint density at radius 3 is 1.88 bits per heavy atom. The van der Waals surface area contributed by atoms with Crippen molar-refractivity contribution in [2.75, 3.05) is 46.5 Å². The number of carbonyl (C=O) groups excluding carboxylic acids is 4. The molecule has 10 heteroatoms. The number of likely N-dealkylation sites (N-methyl/N-ethyl adjacent to an activating group) is 1. The lowest BCUT2D eigenvalue weighted by Gasteiger charge is -2.56. The highest BCUT2D eigenvalue weighted by atomic mass is 32.1. The molecular formula is C42H70N2O7S. The maximum atomic E-state index is 14.2. The molecule has 0 aromatic heterocycles. The first-order chi connectivity index (χ1) is 23.7. The quantitative estimate of drug-likeness (QED) is 0.0422. The molecule has 1 rings (SSSR count). The van der Waals surface area contributed by atoms with Crippen molar-refractivity contribution in [1.29, 1.82) is 0 Å². The Morgan fingerprint density at radius 1 is 0.827 bits per heavy atom. The van der Waals surface area contributed by atoms with E-state index in [1.807, 2.05) is 39.1 Å². The van der Waals surface area contributed by atoms with Crippen molar-refractivity contribution in [1.82, 2.24) is 10.2 Å². The summed E-state index contributed by atoms with van der Waals surface area (Å²) >= 11 is 4.10. The number of aldehydes is 1. The number of carbonyl (C=O) groups is 4. The second kappa shape index (κ2) is 19.0. The van der Waals surface area contributed by atoms with Crippen LogP contribution in [-0.2, 0) is 28.6 Å². The monoisotopic (exact) mass is 746 g/mol. The normalized spacial score (nSPS) is 15.4. The Bertz CT molecular complexity index is 1370. The van der Waals surface area contributed by atoms with Crippen LogP contribution in [0.15, 0.2) is 30.8 Å². The SMILES string of the molecule is C=C(c1ccccc1C=O)N(CCCOC(=O)C(C)(CC(C)(C)C(C)(C)C(C)(CC(C)(C)C)C(=O)OCCOC(=O)C(C)S)C(C)(C)C)CCNC. The van der Waals surface area contributed by atoms with Crippen molar-refractivity contribution >= 4 is 42.5 Å². The molecule has 0 aliphatic carbocycles. The van der Waals surface area contributed by atoms with E-state index >= 15 is 0 Å². The standard InChI is InChI=1S/C42H70N2O7S/c1-30(33-20-17-16-19-32(33)27-45)44(23-21-43-15)22-18-24-50-35(47)41(13,38(6,7)8)29-39(9,10)40(11,12)42(14,28-37(3,4)5)36(48)51-26-25-49-34(46)31(2)52/h16-17,19-20,27,31,43,52H,1,18,21-26,28-29H2,2-15H3. The lowest BCUT2D eigenvalue weighted by molar-refractivity contribution is -0.183. The highest BCUT2D eigenvalue weighted by molar-refractivity contribution is 7.81. The van der Waals surface area contributed by atoms with Crippen LogP contribution in [0.4, 0.5) is 0 Å². The molecule has 3 unspecified atom stereocenters. The third-order valence-electron chi connectivity index (χ3n) is 11.4. The summed E-state index contributed by atoms with van der Waals surface area (Å²) in [5.74, 6) is -1.12. The molecule has 0 saturated carbocycles. The highest BCUT2D eigenvalue weighted by Gasteiger charge is 2.60. The maximum absolute atomic E-state index is 14.2. The third-order valence-corrected chi connectivity index (χ3v) is 11.6. The number of rotatable bonds is 21. The molecule has 0 aliphatic rings. The first-order valence-corrected chi connectivity index (χ1v) is 19.1. The van der Waals surface area contributed by atoms with Crippen LogP contribution in [0.2, 0.25) is 0 Å². The lowest BCUT2D eigenvalue weighted by atomic mass is 9.47. The van der Waals surface area contributed by atoms with Gasteiger partial charge in [0.05, 0.1) is 22.7 Å². The molecule has 1 aromatic rings. The van der Waals surface area contributed by atoms with E-state index in [1.165, 1.54) is 0 Å². The summed E-state index contributed by atoms with van der Waals surface area (Å²) in [6.07, 6.45) is 2.40. The smallest absolute Gasteiger partial charge is 0.318 e. The number of benzene rings is 1. The Balaban J connectivity index is 3.27. The molecule has 52 heavy (non-hydrogen) atoms. The second-order valence-electron chi connectivity index (χ2n) is 18.0. The zero-order valence-electron chi connectivity index (χ0n) is 34.8. The van der Waals surface area contributed by atoms with E-state index in [0.717, 1.165) is 24.1 Å². The predicted octanol–water partition coefficient (Wildman–Crippen LogP) is 8.27. The molecule has 3 atom stereocenters. The van der Waals surface area contributed by atoms with E-state index in [-0.39, 0.29) is 37.2 Å². The molecule has 0 saturated heterocycles. The predicted molar refractivity (Wildman–Crippen MR) is 214 cm³/mol. The Kier molecular flexibility index (Phi) is 17.2. The van der Waals surface area contributed by atoms with Gasteiger partial charge in [0.25, 0.3) is 0 Å². The van der Waals surface area contributed by atoms with E-state index in [0.29, 0.717) is 37.9 Å². The van der Waals surface area contributed by atoms with E-state index in [4.69, 9.17) is 14.2 Å². The van der Waals surface area contributed by atoms with Crippen molar-refractivity contribution in [3.8, 4) is 0 Å². The van der Waals surface area contributed by atoms with Gasteiger partial charge in [-0.2, -0.15) is 12.6 Å². The minimum atomic E-state index is -0.958. The van der Waals surface area contributed by atoms with Crippen LogP contribution in [0.5, 0.6) is 0 Å². The van der Waals surface area contributed by atoms with Gasteiger partial charge in [-0.25, -0.2) is 0 Å². The Hall–Kier alpha value is -2.85. The number of esters is 3. The average Bonchev–Trinajstić information content (AvgIpc) is 3.03. The summed E-state index contributed by atoms with van der Waals surface area (Å²) in [5.41, 5.74) is -1.68. The summed E-state index contributed by atoms with van der Waals surface area (Å²) < 4.78 is 17.1. The molecule has 0 bridgehead atoms. The molecular weight excluding hydrogens is 677 g/mol. The molecule has 1 N–H and O–H groups in total. The molecule has 0 spiro atoms. The molecule has 0 fully saturated rings. The zero-order valence-corrected chi connectivity index (χ0v) is 35.7. The van der Waals surface area contributed by atoms with Crippen LogP contribution in [0.3, 0.4) is 0 Å². The average molecular weight is 747 g/mol. The number of nitrogens with one attached hydrogen (secondary N) is 1. The number of ether oxygens (including phenoxy) is 3. The molecule has 0 amide bonds. The fourth-order valence-electron chi connectivity index (χ4n) is 6.90. The molecule has 1 aromatic carbocycles. The zero-order chi connectivity index (χ0) is 40.3. The van der Waals surface area contributed by atoms with Gasteiger partial charge in [-0.3, -0.25) is 19.2 Å². The first kappa shape index (κ1) is 47.2. The number of hydrogen-bond acceptors (Lipinski definition) is 10. The largest absolute Gasteiger partial charge is 0.465 e. The first-order valence-electron chi connectivity index (χ1n) is 18.5. The summed E-state index contributed by atoms with van der Waals surface area (Å²) in [7, 11) is 1.89. The van der Waals surface area contributed by atoms with Crippen molar-refractivity contribution < 1.29 is 33.4 Å². The maximum Gasteiger partial charge on any atom is 0.318 e. The third kappa shape index (κ3) is 12.1. The topological polar surface area (TPSA) is 111 Å². The van der Waals surface area contributed by atoms with Crippen LogP contribution < -0.4 is 5.32 Å². The Morgan fingerprint density at radius 2 is 1.37 bits per heavy atom. The van der Waals surface area contributed by atoms with Crippen molar-refractivity contribution in [2.24, 2.45) is 32.5 Å². The fourth-order valence-corrected chi connectivity index (χ4v) is 6.98.